The predicted octanol–water partition coefficient (Wildman–Crippen LogP) is 2.02. The maximum atomic E-state index is 11.7. The highest BCUT2D eigenvalue weighted by atomic mass is 19.4. The van der Waals surface area contributed by atoms with Crippen LogP contribution in [0.1, 0.15) is 0 Å². The molecule has 0 aromatic rings. The molecule has 0 aliphatic carbocycles. The van der Waals surface area contributed by atoms with Gasteiger partial charge in [0.05, 0.1) is 0 Å². The second kappa shape index (κ2) is 3.80. The van der Waals surface area contributed by atoms with E-state index in [0.29, 0.717) is 6.07 Å². The van der Waals surface area contributed by atoms with Crippen molar-refractivity contribution in [3.63, 3.8) is 0 Å². The molecular formula is C6HF6NO2. The Hall–Kier alpha value is -1.72. The summed E-state index contributed by atoms with van der Waals surface area (Å²) in [6, 6.07) is 0.355. The molecule has 15 heavy (non-hydrogen) atoms. The molecule has 0 rings (SSSR count). The average Bonchev–Trinajstić information content (AvgIpc) is 2.01. The van der Waals surface area contributed by atoms with Crippen LogP contribution in [0.3, 0.4) is 0 Å². The second-order valence-electron chi connectivity index (χ2n) is 2.16. The van der Waals surface area contributed by atoms with Crippen molar-refractivity contribution in [1.82, 2.24) is 0 Å². The number of Topliss-reactive ketones (excluding diaryl/α,β-unsaturated/α-hetero) is 1. The molecule has 0 amide bonds. The summed E-state index contributed by atoms with van der Waals surface area (Å²) in [4.78, 5) is 10.2. The summed E-state index contributed by atoms with van der Waals surface area (Å²) in [5.74, 6) is -5.90. The number of carbonyl (C=O) groups excluding carboxylic acids is 1. The van der Waals surface area contributed by atoms with E-state index in [1.807, 2.05) is 0 Å². The maximum Gasteiger partial charge on any atom is 0.455 e. The van der Waals surface area contributed by atoms with Crippen molar-refractivity contribution in [2.45, 2.75) is 12.4 Å². The van der Waals surface area contributed by atoms with Crippen molar-refractivity contribution >= 4 is 5.78 Å². The van der Waals surface area contributed by atoms with Crippen LogP contribution in [-0.2, 0) is 4.79 Å². The highest BCUT2D eigenvalue weighted by molar-refractivity contribution is 6.03. The Bertz CT molecular complexity index is 344. The van der Waals surface area contributed by atoms with E-state index in [4.69, 9.17) is 10.4 Å². The zero-order chi connectivity index (χ0) is 12.4. The summed E-state index contributed by atoms with van der Waals surface area (Å²) in [6.45, 7) is 0. The Morgan fingerprint density at radius 1 is 1.07 bits per heavy atom. The van der Waals surface area contributed by atoms with Gasteiger partial charge in [-0.2, -0.15) is 31.6 Å². The van der Waals surface area contributed by atoms with Crippen LogP contribution >= 0.6 is 0 Å². The molecule has 0 aliphatic rings. The van der Waals surface area contributed by atoms with Crippen LogP contribution in [0.4, 0.5) is 26.3 Å². The van der Waals surface area contributed by atoms with Crippen molar-refractivity contribution < 1.29 is 36.2 Å². The van der Waals surface area contributed by atoms with Crippen LogP contribution in [0, 0.1) is 11.3 Å². The quantitative estimate of drug-likeness (QED) is 0.326. The molecule has 0 atom stereocenters. The minimum atomic E-state index is -5.65. The smallest absolute Gasteiger partial charge is 0.455 e. The number of aliphatic hydroxyl groups excluding tert-OH is 1. The van der Waals surface area contributed by atoms with Crippen molar-refractivity contribution in [2.24, 2.45) is 0 Å². The lowest BCUT2D eigenvalue weighted by atomic mass is 10.1. The first kappa shape index (κ1) is 13.3. The molecule has 0 spiro atoms. The number of aliphatic hydroxyl groups is 1. The predicted molar refractivity (Wildman–Crippen MR) is 32.4 cm³/mol. The molecule has 0 fully saturated rings. The molecular weight excluding hydrogens is 232 g/mol. The number of halogens is 6. The standard InChI is InChI=1S/C6HF6NO2/c7-5(8,9)3(14)2(1-13)4(15)6(10,11)12/h14H/b3-2-. The number of nitriles is 1. The molecule has 0 saturated heterocycles. The first-order valence-electron chi connectivity index (χ1n) is 3.04. The van der Waals surface area contributed by atoms with Crippen molar-refractivity contribution in [1.29, 1.82) is 5.26 Å². The second-order valence-corrected chi connectivity index (χ2v) is 2.16. The van der Waals surface area contributed by atoms with Crippen molar-refractivity contribution in [3.05, 3.63) is 11.3 Å². The zero-order valence-corrected chi connectivity index (χ0v) is 6.57. The van der Waals surface area contributed by atoms with Gasteiger partial charge in [-0.25, -0.2) is 0 Å². The third-order valence-electron chi connectivity index (χ3n) is 1.10. The Labute approximate surface area is 78.2 Å². The fourth-order valence-corrected chi connectivity index (χ4v) is 0.495. The summed E-state index contributed by atoms with van der Waals surface area (Å²) in [6.07, 6.45) is -11.2. The van der Waals surface area contributed by atoms with Crippen LogP contribution < -0.4 is 0 Å². The number of hydrogen-bond acceptors (Lipinski definition) is 3. The first-order chi connectivity index (χ1) is 6.51. The lowest BCUT2D eigenvalue weighted by Crippen LogP contribution is -2.27. The highest BCUT2D eigenvalue weighted by Crippen LogP contribution is 2.29. The lowest BCUT2D eigenvalue weighted by molar-refractivity contribution is -0.167. The largest absolute Gasteiger partial charge is 0.503 e. The van der Waals surface area contributed by atoms with Gasteiger partial charge >= 0.3 is 12.4 Å². The molecule has 0 aliphatic heterocycles. The van der Waals surface area contributed by atoms with Gasteiger partial charge in [0, 0.05) is 0 Å². The molecule has 84 valence electrons. The molecule has 0 heterocycles. The Balaban J connectivity index is 5.49. The van der Waals surface area contributed by atoms with Gasteiger partial charge in [0.25, 0.3) is 5.78 Å². The molecule has 0 unspecified atom stereocenters. The van der Waals surface area contributed by atoms with Crippen molar-refractivity contribution in [3.8, 4) is 6.07 Å². The monoisotopic (exact) mass is 233 g/mol. The van der Waals surface area contributed by atoms with Crippen LogP contribution in [-0.4, -0.2) is 23.2 Å². The van der Waals surface area contributed by atoms with Crippen molar-refractivity contribution in [2.75, 3.05) is 0 Å². The van der Waals surface area contributed by atoms with Gasteiger partial charge in [0.1, 0.15) is 6.07 Å². The summed E-state index contributed by atoms with van der Waals surface area (Å²) in [5.41, 5.74) is -2.38. The van der Waals surface area contributed by atoms with E-state index in [1.54, 1.807) is 0 Å². The van der Waals surface area contributed by atoms with Crippen LogP contribution in [0.15, 0.2) is 11.3 Å². The minimum absolute atomic E-state index is 0.355. The summed E-state index contributed by atoms with van der Waals surface area (Å²) < 4.78 is 69.8. The number of allylic oxidation sites excluding steroid dienone is 2. The Morgan fingerprint density at radius 3 is 1.67 bits per heavy atom. The number of nitrogens with zero attached hydrogens (tertiary/aromatic N) is 1. The van der Waals surface area contributed by atoms with Gasteiger partial charge in [-0.3, -0.25) is 4.79 Å². The van der Waals surface area contributed by atoms with Crippen LogP contribution in [0.25, 0.3) is 0 Å². The van der Waals surface area contributed by atoms with E-state index in [-0.39, 0.29) is 0 Å². The Kier molecular flexibility index (Phi) is 3.36. The van der Waals surface area contributed by atoms with Gasteiger partial charge in [0.2, 0.25) is 5.76 Å². The molecule has 0 aromatic heterocycles. The maximum absolute atomic E-state index is 11.7. The average molecular weight is 233 g/mol. The van der Waals surface area contributed by atoms with Gasteiger partial charge in [0.15, 0.2) is 5.57 Å². The Morgan fingerprint density at radius 2 is 1.47 bits per heavy atom. The fraction of sp³-hybridized carbons (Fsp3) is 0.333. The molecule has 0 saturated carbocycles. The fourth-order valence-electron chi connectivity index (χ4n) is 0.495. The normalized spacial score (nSPS) is 14.2. The number of rotatable bonds is 1. The van der Waals surface area contributed by atoms with E-state index < -0.39 is 29.5 Å². The number of ketones is 1. The number of carbonyl (C=O) groups is 1. The third-order valence-corrected chi connectivity index (χ3v) is 1.10. The van der Waals surface area contributed by atoms with Crippen LogP contribution in [0.5, 0.6) is 0 Å². The van der Waals surface area contributed by atoms with Crippen LogP contribution in [0.2, 0.25) is 0 Å². The topological polar surface area (TPSA) is 61.1 Å². The minimum Gasteiger partial charge on any atom is -0.503 e. The van der Waals surface area contributed by atoms with Gasteiger partial charge in [-0.15, -0.1) is 0 Å². The number of hydrogen-bond donors (Lipinski definition) is 1. The summed E-state index contributed by atoms with van der Waals surface area (Å²) in [7, 11) is 0. The summed E-state index contributed by atoms with van der Waals surface area (Å²) in [5, 5.41) is 16.1. The van der Waals surface area contributed by atoms with E-state index in [1.165, 1.54) is 0 Å². The molecule has 0 bridgehead atoms. The van der Waals surface area contributed by atoms with Gasteiger partial charge < -0.3 is 5.11 Å². The van der Waals surface area contributed by atoms with Gasteiger partial charge in [-0.05, 0) is 0 Å². The first-order valence-corrected chi connectivity index (χ1v) is 3.04. The lowest BCUT2D eigenvalue weighted by Gasteiger charge is -2.08. The molecule has 0 radical (unpaired) electrons. The zero-order valence-electron chi connectivity index (χ0n) is 6.57. The SMILES string of the molecule is N#C/C(C(=O)C(F)(F)F)=C(/O)C(F)(F)F. The summed E-state index contributed by atoms with van der Waals surface area (Å²) >= 11 is 0. The van der Waals surface area contributed by atoms with Gasteiger partial charge in [-0.1, -0.05) is 0 Å². The molecule has 1 N–H and O–H groups in total. The van der Waals surface area contributed by atoms with E-state index in [9.17, 15) is 31.1 Å². The number of alkyl halides is 6. The van der Waals surface area contributed by atoms with E-state index in [0.717, 1.165) is 0 Å². The molecule has 3 nitrogen and oxygen atoms in total. The molecule has 0 aromatic carbocycles. The van der Waals surface area contributed by atoms with E-state index in [2.05, 4.69) is 0 Å². The van der Waals surface area contributed by atoms with E-state index >= 15 is 0 Å². The molecule has 9 heteroatoms. The third kappa shape index (κ3) is 3.16. The highest BCUT2D eigenvalue weighted by Gasteiger charge is 2.47.